The molecule has 0 aromatic heterocycles. The molecular formula is C24H15ClN2O6S. The highest BCUT2D eigenvalue weighted by molar-refractivity contribution is 8.18. The van der Waals surface area contributed by atoms with Crippen molar-refractivity contribution in [1.29, 1.82) is 0 Å². The van der Waals surface area contributed by atoms with E-state index in [9.17, 15) is 24.5 Å². The molecule has 0 unspecified atom stereocenters. The molecule has 0 bridgehead atoms. The van der Waals surface area contributed by atoms with E-state index in [0.29, 0.717) is 16.1 Å². The van der Waals surface area contributed by atoms with Gasteiger partial charge in [-0.25, -0.2) is 4.79 Å². The molecule has 34 heavy (non-hydrogen) atoms. The number of thioether (sulfide) groups is 1. The van der Waals surface area contributed by atoms with Gasteiger partial charge >= 0.3 is 5.97 Å². The van der Waals surface area contributed by atoms with Crippen LogP contribution in [0.5, 0.6) is 5.75 Å². The Morgan fingerprint density at radius 3 is 2.50 bits per heavy atom. The van der Waals surface area contributed by atoms with Crippen LogP contribution in [0.3, 0.4) is 0 Å². The second kappa shape index (κ2) is 9.90. The van der Waals surface area contributed by atoms with Gasteiger partial charge < -0.3 is 4.74 Å². The van der Waals surface area contributed by atoms with Crippen LogP contribution < -0.4 is 4.74 Å². The van der Waals surface area contributed by atoms with Gasteiger partial charge in [-0.3, -0.25) is 24.6 Å². The number of nitro groups is 1. The average Bonchev–Trinajstić information content (AvgIpc) is 3.08. The number of carbonyl (C=O) groups excluding carboxylic acids is 3. The SMILES string of the molecule is O=C(Oc1cccc(/C=C2\SC(=O)N(Cc3ccccc3Cl)C2=O)c1)c1ccc([N+](=O)[O-])cc1. The van der Waals surface area contributed by atoms with Gasteiger partial charge in [0.25, 0.3) is 16.8 Å². The summed E-state index contributed by atoms with van der Waals surface area (Å²) in [5.41, 5.74) is 1.23. The molecular weight excluding hydrogens is 480 g/mol. The average molecular weight is 495 g/mol. The van der Waals surface area contributed by atoms with E-state index in [0.717, 1.165) is 16.7 Å². The first-order chi connectivity index (χ1) is 16.3. The van der Waals surface area contributed by atoms with E-state index in [1.165, 1.54) is 24.3 Å². The first-order valence-electron chi connectivity index (χ1n) is 9.87. The summed E-state index contributed by atoms with van der Waals surface area (Å²) >= 11 is 6.96. The van der Waals surface area contributed by atoms with Gasteiger partial charge in [-0.1, -0.05) is 41.9 Å². The third-order valence-corrected chi connectivity index (χ3v) is 6.12. The third kappa shape index (κ3) is 5.16. The zero-order valence-electron chi connectivity index (χ0n) is 17.3. The minimum atomic E-state index is -0.688. The number of halogens is 1. The molecule has 1 aliphatic rings. The second-order valence-corrected chi connectivity index (χ2v) is 8.53. The molecule has 1 heterocycles. The lowest BCUT2D eigenvalue weighted by atomic mass is 10.2. The molecule has 2 amide bonds. The van der Waals surface area contributed by atoms with Gasteiger partial charge in [0.1, 0.15) is 5.75 Å². The quantitative estimate of drug-likeness (QED) is 0.142. The summed E-state index contributed by atoms with van der Waals surface area (Å²) in [7, 11) is 0. The molecule has 4 rings (SSSR count). The van der Waals surface area contributed by atoms with Gasteiger partial charge in [-0.15, -0.1) is 0 Å². The number of nitro benzene ring substituents is 1. The summed E-state index contributed by atoms with van der Waals surface area (Å²) in [6, 6.07) is 18.5. The van der Waals surface area contributed by atoms with Gasteiger partial charge in [0.05, 0.1) is 21.9 Å². The third-order valence-electron chi connectivity index (χ3n) is 4.84. The van der Waals surface area contributed by atoms with Crippen LogP contribution in [-0.4, -0.2) is 26.9 Å². The van der Waals surface area contributed by atoms with E-state index in [1.807, 2.05) is 0 Å². The number of esters is 1. The maximum Gasteiger partial charge on any atom is 0.343 e. The van der Waals surface area contributed by atoms with Crippen molar-refractivity contribution >= 4 is 52.2 Å². The molecule has 3 aromatic carbocycles. The summed E-state index contributed by atoms with van der Waals surface area (Å²) in [5.74, 6) is -0.914. The molecule has 0 aliphatic carbocycles. The molecule has 1 fully saturated rings. The van der Waals surface area contributed by atoms with E-state index in [2.05, 4.69) is 0 Å². The van der Waals surface area contributed by atoms with Gasteiger partial charge in [-0.05, 0) is 59.3 Å². The molecule has 0 saturated carbocycles. The predicted molar refractivity (Wildman–Crippen MR) is 127 cm³/mol. The number of rotatable bonds is 6. The number of carbonyl (C=O) groups is 3. The smallest absolute Gasteiger partial charge is 0.343 e. The number of amides is 2. The first-order valence-corrected chi connectivity index (χ1v) is 11.1. The monoisotopic (exact) mass is 494 g/mol. The molecule has 0 N–H and O–H groups in total. The Hall–Kier alpha value is -3.95. The van der Waals surface area contributed by atoms with Crippen molar-refractivity contribution in [1.82, 2.24) is 4.90 Å². The Kier molecular flexibility index (Phi) is 6.76. The number of benzene rings is 3. The standard InChI is InChI=1S/C24H15ClN2O6S/c25-20-7-2-1-5-17(20)14-26-22(28)21(34-24(26)30)13-15-4-3-6-19(12-15)33-23(29)16-8-10-18(11-9-16)27(31)32/h1-13H,14H2/b21-13-. The molecule has 10 heteroatoms. The molecule has 0 radical (unpaired) electrons. The van der Waals surface area contributed by atoms with Crippen LogP contribution in [0.4, 0.5) is 10.5 Å². The highest BCUT2D eigenvalue weighted by Crippen LogP contribution is 2.34. The van der Waals surface area contributed by atoms with Crippen molar-refractivity contribution in [2.75, 3.05) is 0 Å². The topological polar surface area (TPSA) is 107 Å². The Balaban J connectivity index is 1.48. The van der Waals surface area contributed by atoms with Crippen molar-refractivity contribution in [3.8, 4) is 5.75 Å². The van der Waals surface area contributed by atoms with Crippen molar-refractivity contribution in [2.45, 2.75) is 6.54 Å². The van der Waals surface area contributed by atoms with E-state index in [4.69, 9.17) is 16.3 Å². The molecule has 1 saturated heterocycles. The van der Waals surface area contributed by atoms with Gasteiger partial charge in [0, 0.05) is 17.2 Å². The minimum Gasteiger partial charge on any atom is -0.423 e. The van der Waals surface area contributed by atoms with Gasteiger partial charge in [0.2, 0.25) is 0 Å². The fraction of sp³-hybridized carbons (Fsp3) is 0.0417. The number of ether oxygens (including phenoxy) is 1. The molecule has 8 nitrogen and oxygen atoms in total. The number of hydrogen-bond acceptors (Lipinski definition) is 7. The molecule has 0 spiro atoms. The number of hydrogen-bond donors (Lipinski definition) is 0. The lowest BCUT2D eigenvalue weighted by Crippen LogP contribution is -2.27. The van der Waals surface area contributed by atoms with Gasteiger partial charge in [0.15, 0.2) is 0 Å². The van der Waals surface area contributed by atoms with Crippen LogP contribution in [0.15, 0.2) is 77.7 Å². The van der Waals surface area contributed by atoms with Crippen LogP contribution >= 0.6 is 23.4 Å². The summed E-state index contributed by atoms with van der Waals surface area (Å²) in [5, 5.41) is 10.8. The highest BCUT2D eigenvalue weighted by atomic mass is 35.5. The molecule has 170 valence electrons. The molecule has 1 aliphatic heterocycles. The number of non-ortho nitro benzene ring substituents is 1. The highest BCUT2D eigenvalue weighted by Gasteiger charge is 2.35. The van der Waals surface area contributed by atoms with E-state index in [-0.39, 0.29) is 28.5 Å². The summed E-state index contributed by atoms with van der Waals surface area (Å²) in [6.45, 7) is 0.0641. The fourth-order valence-corrected chi connectivity index (χ4v) is 4.17. The zero-order valence-corrected chi connectivity index (χ0v) is 18.9. The van der Waals surface area contributed by atoms with Crippen LogP contribution in [-0.2, 0) is 11.3 Å². The zero-order chi connectivity index (χ0) is 24.2. The lowest BCUT2D eigenvalue weighted by Gasteiger charge is -2.13. The second-order valence-electron chi connectivity index (χ2n) is 7.13. The van der Waals surface area contributed by atoms with Crippen molar-refractivity contribution in [2.24, 2.45) is 0 Å². The van der Waals surface area contributed by atoms with Crippen LogP contribution in [0, 0.1) is 10.1 Å². The van der Waals surface area contributed by atoms with Crippen molar-refractivity contribution < 1.29 is 24.0 Å². The van der Waals surface area contributed by atoms with Crippen LogP contribution in [0.25, 0.3) is 6.08 Å². The maximum absolute atomic E-state index is 12.8. The van der Waals surface area contributed by atoms with Crippen LogP contribution in [0.2, 0.25) is 5.02 Å². The Morgan fingerprint density at radius 1 is 1.06 bits per heavy atom. The lowest BCUT2D eigenvalue weighted by molar-refractivity contribution is -0.384. The van der Waals surface area contributed by atoms with E-state index >= 15 is 0 Å². The normalized spacial score (nSPS) is 14.5. The minimum absolute atomic E-state index is 0.0641. The molecule has 3 aromatic rings. The first kappa shape index (κ1) is 23.2. The van der Waals surface area contributed by atoms with Gasteiger partial charge in [-0.2, -0.15) is 0 Å². The molecule has 0 atom stereocenters. The Bertz CT molecular complexity index is 1340. The summed E-state index contributed by atoms with van der Waals surface area (Å²) < 4.78 is 5.35. The van der Waals surface area contributed by atoms with Crippen LogP contribution in [0.1, 0.15) is 21.5 Å². The predicted octanol–water partition coefficient (Wildman–Crippen LogP) is 5.70. The van der Waals surface area contributed by atoms with E-state index < -0.39 is 22.0 Å². The largest absolute Gasteiger partial charge is 0.423 e. The van der Waals surface area contributed by atoms with Crippen molar-refractivity contribution in [3.63, 3.8) is 0 Å². The number of nitrogens with zero attached hydrogens (tertiary/aromatic N) is 2. The number of imide groups is 1. The Morgan fingerprint density at radius 2 is 1.79 bits per heavy atom. The van der Waals surface area contributed by atoms with Crippen molar-refractivity contribution in [3.05, 3.63) is 110 Å². The summed E-state index contributed by atoms with van der Waals surface area (Å²) in [4.78, 5) is 49.1. The maximum atomic E-state index is 12.8. The Labute approximate surface area is 202 Å². The summed E-state index contributed by atoms with van der Waals surface area (Å²) in [6.07, 6.45) is 1.54. The van der Waals surface area contributed by atoms with E-state index in [1.54, 1.807) is 54.6 Å². The fourth-order valence-electron chi connectivity index (χ4n) is 3.14.